The predicted molar refractivity (Wildman–Crippen MR) is 116 cm³/mol. The standard InChI is InChI=1S/C23H20FN3O7/c1-2-31-22(28)23(16-6-8-17(24)9-7-16)26-11-3-4-15(21(26)25-34-23)12-14-5-10-18(27(29)30)20-19(14)32-13-33-20/h5-10,12H,2-4,11,13H2,1H3/b15-12+. The number of nitro groups is 1. The molecular weight excluding hydrogens is 449 g/mol. The highest BCUT2D eigenvalue weighted by Crippen LogP contribution is 2.46. The van der Waals surface area contributed by atoms with Crippen LogP contribution in [0.5, 0.6) is 11.5 Å². The summed E-state index contributed by atoms with van der Waals surface area (Å²) in [5, 5.41) is 15.5. The molecule has 2 aromatic carbocycles. The summed E-state index contributed by atoms with van der Waals surface area (Å²) in [7, 11) is 0. The quantitative estimate of drug-likeness (QED) is 0.370. The largest absolute Gasteiger partial charge is 0.461 e. The van der Waals surface area contributed by atoms with Crippen molar-refractivity contribution < 1.29 is 33.2 Å². The molecule has 1 fully saturated rings. The number of hydrogen-bond donors (Lipinski definition) is 0. The topological polar surface area (TPSA) is 113 Å². The molecule has 0 N–H and O–H groups in total. The smallest absolute Gasteiger partial charge is 0.380 e. The third kappa shape index (κ3) is 3.31. The SMILES string of the molecule is CCOC(=O)C1(c2ccc(F)cc2)ON=C2/C(=C/c3ccc([N+](=O)[O-])c4c3OCO4)CCCN21. The minimum atomic E-state index is -1.68. The van der Waals surface area contributed by atoms with Crippen molar-refractivity contribution in [2.75, 3.05) is 19.9 Å². The first-order valence-corrected chi connectivity index (χ1v) is 10.7. The highest BCUT2D eigenvalue weighted by molar-refractivity contribution is 6.06. The summed E-state index contributed by atoms with van der Waals surface area (Å²) in [6.07, 6.45) is 3.08. The highest BCUT2D eigenvalue weighted by Gasteiger charge is 2.57. The Morgan fingerprint density at radius 3 is 2.76 bits per heavy atom. The van der Waals surface area contributed by atoms with Crippen molar-refractivity contribution in [1.82, 2.24) is 4.90 Å². The number of esters is 1. The van der Waals surface area contributed by atoms with Crippen LogP contribution in [-0.2, 0) is 20.1 Å². The average Bonchev–Trinajstić information content (AvgIpc) is 3.47. The van der Waals surface area contributed by atoms with Gasteiger partial charge in [0.05, 0.1) is 11.5 Å². The molecule has 2 aromatic rings. The van der Waals surface area contributed by atoms with Crippen LogP contribution in [0.3, 0.4) is 0 Å². The molecule has 3 heterocycles. The van der Waals surface area contributed by atoms with Gasteiger partial charge in [-0.2, -0.15) is 0 Å². The number of rotatable bonds is 5. The number of ether oxygens (including phenoxy) is 3. The number of oxime groups is 1. The number of fused-ring (bicyclic) bond motifs is 2. The number of benzene rings is 2. The van der Waals surface area contributed by atoms with Gasteiger partial charge >= 0.3 is 17.4 Å². The summed E-state index contributed by atoms with van der Waals surface area (Å²) in [5.74, 6) is -0.336. The lowest BCUT2D eigenvalue weighted by atomic mass is 9.94. The van der Waals surface area contributed by atoms with Crippen LogP contribution in [0.2, 0.25) is 0 Å². The molecule has 0 radical (unpaired) electrons. The van der Waals surface area contributed by atoms with Crippen LogP contribution in [-0.4, -0.2) is 41.6 Å². The van der Waals surface area contributed by atoms with Gasteiger partial charge < -0.3 is 23.9 Å². The molecule has 11 heteroatoms. The second-order valence-electron chi connectivity index (χ2n) is 7.80. The number of halogens is 1. The lowest BCUT2D eigenvalue weighted by Crippen LogP contribution is -2.54. The first-order chi connectivity index (χ1) is 16.5. The van der Waals surface area contributed by atoms with Gasteiger partial charge in [-0.1, -0.05) is 5.16 Å². The summed E-state index contributed by atoms with van der Waals surface area (Å²) in [4.78, 5) is 31.4. The Morgan fingerprint density at radius 2 is 2.03 bits per heavy atom. The molecule has 0 saturated carbocycles. The van der Waals surface area contributed by atoms with Gasteiger partial charge in [0, 0.05) is 23.7 Å². The number of piperidine rings is 1. The van der Waals surface area contributed by atoms with Gasteiger partial charge in [0.1, 0.15) is 5.82 Å². The molecule has 0 aromatic heterocycles. The maximum atomic E-state index is 13.6. The lowest BCUT2D eigenvalue weighted by Gasteiger charge is -2.37. The van der Waals surface area contributed by atoms with Crippen LogP contribution in [0.1, 0.15) is 30.9 Å². The Kier molecular flexibility index (Phi) is 5.31. The number of carbonyl (C=O) groups is 1. The fourth-order valence-corrected chi connectivity index (χ4v) is 4.36. The van der Waals surface area contributed by atoms with Crippen molar-refractivity contribution >= 4 is 23.6 Å². The summed E-state index contributed by atoms with van der Waals surface area (Å²) in [6, 6.07) is 8.36. The number of nitro benzene ring substituents is 1. The van der Waals surface area contributed by atoms with Crippen molar-refractivity contribution in [3.8, 4) is 11.5 Å². The molecule has 3 aliphatic heterocycles. The van der Waals surface area contributed by atoms with Gasteiger partial charge in [-0.3, -0.25) is 10.1 Å². The van der Waals surface area contributed by atoms with Crippen molar-refractivity contribution in [3.63, 3.8) is 0 Å². The maximum Gasteiger partial charge on any atom is 0.380 e. The lowest BCUT2D eigenvalue weighted by molar-refractivity contribution is -0.385. The zero-order valence-electron chi connectivity index (χ0n) is 18.2. The molecule has 0 aliphatic carbocycles. The molecular formula is C23H20FN3O7. The summed E-state index contributed by atoms with van der Waals surface area (Å²) < 4.78 is 29.7. The van der Waals surface area contributed by atoms with Crippen molar-refractivity contribution in [1.29, 1.82) is 0 Å². The average molecular weight is 469 g/mol. The minimum Gasteiger partial charge on any atom is -0.461 e. The monoisotopic (exact) mass is 469 g/mol. The van der Waals surface area contributed by atoms with E-state index in [4.69, 9.17) is 19.0 Å². The van der Waals surface area contributed by atoms with Crippen LogP contribution in [0.25, 0.3) is 6.08 Å². The minimum absolute atomic E-state index is 0.0730. The molecule has 0 bridgehead atoms. The van der Waals surface area contributed by atoms with Gasteiger partial charge in [-0.15, -0.1) is 0 Å². The van der Waals surface area contributed by atoms with E-state index in [1.54, 1.807) is 24.0 Å². The Hall–Kier alpha value is -4.15. The number of amidine groups is 1. The third-order valence-corrected chi connectivity index (χ3v) is 5.86. The molecule has 3 aliphatic rings. The molecule has 10 nitrogen and oxygen atoms in total. The van der Waals surface area contributed by atoms with Crippen molar-refractivity contribution in [3.05, 3.63) is 69.0 Å². The Morgan fingerprint density at radius 1 is 1.26 bits per heavy atom. The molecule has 1 saturated heterocycles. The molecule has 5 rings (SSSR count). The van der Waals surface area contributed by atoms with E-state index in [9.17, 15) is 19.3 Å². The molecule has 0 amide bonds. The summed E-state index contributed by atoms with van der Waals surface area (Å²) in [6.45, 7) is 2.14. The van der Waals surface area contributed by atoms with Gasteiger partial charge in [0.25, 0.3) is 0 Å². The van der Waals surface area contributed by atoms with E-state index in [0.717, 1.165) is 5.57 Å². The second-order valence-corrected chi connectivity index (χ2v) is 7.80. The van der Waals surface area contributed by atoms with E-state index in [1.807, 2.05) is 0 Å². The van der Waals surface area contributed by atoms with Crippen LogP contribution in [0.4, 0.5) is 10.1 Å². The number of carbonyl (C=O) groups excluding carboxylic acids is 1. The Balaban J connectivity index is 1.55. The fraction of sp³-hybridized carbons (Fsp3) is 0.304. The van der Waals surface area contributed by atoms with Crippen LogP contribution < -0.4 is 9.47 Å². The molecule has 34 heavy (non-hydrogen) atoms. The summed E-state index contributed by atoms with van der Waals surface area (Å²) in [5.41, 5.74) is -0.158. The van der Waals surface area contributed by atoms with Crippen LogP contribution in [0, 0.1) is 15.9 Å². The highest BCUT2D eigenvalue weighted by atomic mass is 19.1. The van der Waals surface area contributed by atoms with Crippen LogP contribution in [0.15, 0.2) is 47.1 Å². The number of hydrogen-bond acceptors (Lipinski definition) is 9. The third-order valence-electron chi connectivity index (χ3n) is 5.86. The first-order valence-electron chi connectivity index (χ1n) is 10.7. The zero-order valence-corrected chi connectivity index (χ0v) is 18.2. The maximum absolute atomic E-state index is 13.6. The van der Waals surface area contributed by atoms with E-state index in [-0.39, 0.29) is 30.6 Å². The number of nitrogens with zero attached hydrogens (tertiary/aromatic N) is 3. The normalized spacial score (nSPS) is 21.6. The van der Waals surface area contributed by atoms with Crippen molar-refractivity contribution in [2.45, 2.75) is 25.5 Å². The van der Waals surface area contributed by atoms with Crippen molar-refractivity contribution in [2.24, 2.45) is 5.16 Å². The van der Waals surface area contributed by atoms with E-state index < -0.39 is 22.4 Å². The fourth-order valence-electron chi connectivity index (χ4n) is 4.36. The van der Waals surface area contributed by atoms with Gasteiger partial charge in [-0.25, -0.2) is 9.18 Å². The van der Waals surface area contributed by atoms with Crippen LogP contribution >= 0.6 is 0 Å². The molecule has 1 atom stereocenters. The first kappa shape index (κ1) is 21.7. The van der Waals surface area contributed by atoms with E-state index >= 15 is 0 Å². The van der Waals surface area contributed by atoms with E-state index in [2.05, 4.69) is 5.16 Å². The van der Waals surface area contributed by atoms with E-state index in [1.165, 1.54) is 30.3 Å². The zero-order chi connectivity index (χ0) is 23.9. The summed E-state index contributed by atoms with van der Waals surface area (Å²) >= 11 is 0. The van der Waals surface area contributed by atoms with Gasteiger partial charge in [0.15, 0.2) is 11.6 Å². The molecule has 176 valence electrons. The Labute approximate surface area is 193 Å². The molecule has 1 unspecified atom stereocenters. The predicted octanol–water partition coefficient (Wildman–Crippen LogP) is 3.70. The van der Waals surface area contributed by atoms with Gasteiger partial charge in [0.2, 0.25) is 12.5 Å². The van der Waals surface area contributed by atoms with Gasteiger partial charge in [-0.05, 0) is 61.7 Å². The van der Waals surface area contributed by atoms with E-state index in [0.29, 0.717) is 36.3 Å². The second kappa shape index (κ2) is 8.32. The molecule has 0 spiro atoms. The Bertz CT molecular complexity index is 1230.